The lowest BCUT2D eigenvalue weighted by atomic mass is 10.6. The van der Waals surface area contributed by atoms with E-state index in [0.717, 1.165) is 4.57 Å². The Morgan fingerprint density at radius 3 is 2.08 bits per heavy atom. The van der Waals surface area contributed by atoms with E-state index in [2.05, 4.69) is 0 Å². The molecule has 0 atom stereocenters. The standard InChI is InChI=1S/C6H9NO5S/c8-5-1-2-6(9)7(5)3-4-13(10,11)12/h1-2,8-9H,3-4H2,(H,10,11,12). The van der Waals surface area contributed by atoms with Crippen LogP contribution in [0.15, 0.2) is 12.1 Å². The predicted molar refractivity (Wildman–Crippen MR) is 44.2 cm³/mol. The van der Waals surface area contributed by atoms with E-state index < -0.39 is 15.9 Å². The van der Waals surface area contributed by atoms with Gasteiger partial charge in [-0.25, -0.2) is 0 Å². The maximum Gasteiger partial charge on any atom is 0.266 e. The number of hydrogen-bond acceptors (Lipinski definition) is 4. The van der Waals surface area contributed by atoms with E-state index in [1.165, 1.54) is 12.1 Å². The Hall–Kier alpha value is -1.21. The average molecular weight is 207 g/mol. The second-order valence-corrected chi connectivity index (χ2v) is 4.06. The molecule has 0 saturated carbocycles. The van der Waals surface area contributed by atoms with Crippen molar-refractivity contribution < 1.29 is 23.2 Å². The summed E-state index contributed by atoms with van der Waals surface area (Å²) in [5.74, 6) is -1.05. The first-order valence-electron chi connectivity index (χ1n) is 3.43. The summed E-state index contributed by atoms with van der Waals surface area (Å²) in [6.07, 6.45) is 0. The average Bonchev–Trinajstić information content (AvgIpc) is 2.27. The fourth-order valence-electron chi connectivity index (χ4n) is 0.882. The fourth-order valence-corrected chi connectivity index (χ4v) is 1.30. The van der Waals surface area contributed by atoms with E-state index in [4.69, 9.17) is 14.8 Å². The molecule has 1 aromatic rings. The minimum Gasteiger partial charge on any atom is -0.494 e. The van der Waals surface area contributed by atoms with Crippen LogP contribution in [0.5, 0.6) is 11.8 Å². The molecule has 0 aliphatic rings. The second kappa shape index (κ2) is 3.27. The van der Waals surface area contributed by atoms with E-state index in [-0.39, 0.29) is 18.3 Å². The van der Waals surface area contributed by atoms with Gasteiger partial charge in [-0.3, -0.25) is 9.12 Å². The summed E-state index contributed by atoms with van der Waals surface area (Å²) in [6, 6.07) is 2.44. The SMILES string of the molecule is O=S(=O)(O)CCn1c(O)ccc1O. The number of aromatic hydroxyl groups is 2. The molecule has 13 heavy (non-hydrogen) atoms. The Balaban J connectivity index is 2.75. The van der Waals surface area contributed by atoms with Gasteiger partial charge in [-0.15, -0.1) is 0 Å². The van der Waals surface area contributed by atoms with Crippen LogP contribution in [0.3, 0.4) is 0 Å². The van der Waals surface area contributed by atoms with E-state index in [1.807, 2.05) is 0 Å². The molecule has 0 radical (unpaired) electrons. The van der Waals surface area contributed by atoms with Gasteiger partial charge in [-0.2, -0.15) is 8.42 Å². The zero-order valence-corrected chi connectivity index (χ0v) is 7.40. The molecule has 0 fully saturated rings. The predicted octanol–water partition coefficient (Wildman–Crippen LogP) is -0.213. The van der Waals surface area contributed by atoms with Crippen molar-refractivity contribution in [3.8, 4) is 11.8 Å². The van der Waals surface area contributed by atoms with Crippen LogP contribution in [-0.2, 0) is 16.7 Å². The maximum atomic E-state index is 10.3. The topological polar surface area (TPSA) is 99.8 Å². The van der Waals surface area contributed by atoms with Gasteiger partial charge < -0.3 is 10.2 Å². The van der Waals surface area contributed by atoms with Gasteiger partial charge >= 0.3 is 0 Å². The number of aromatic nitrogens is 1. The van der Waals surface area contributed by atoms with Gasteiger partial charge in [0.25, 0.3) is 10.1 Å². The maximum absolute atomic E-state index is 10.3. The minimum absolute atomic E-state index is 0.191. The van der Waals surface area contributed by atoms with Crippen molar-refractivity contribution in [1.29, 1.82) is 0 Å². The normalized spacial score (nSPS) is 11.8. The van der Waals surface area contributed by atoms with Crippen molar-refractivity contribution in [2.75, 3.05) is 5.75 Å². The van der Waals surface area contributed by atoms with Crippen molar-refractivity contribution in [3.05, 3.63) is 12.1 Å². The summed E-state index contributed by atoms with van der Waals surface area (Å²) in [4.78, 5) is 0. The smallest absolute Gasteiger partial charge is 0.266 e. The van der Waals surface area contributed by atoms with Crippen LogP contribution >= 0.6 is 0 Å². The summed E-state index contributed by atoms with van der Waals surface area (Å²) in [5, 5.41) is 18.1. The first-order chi connectivity index (χ1) is 5.90. The highest BCUT2D eigenvalue weighted by molar-refractivity contribution is 7.85. The lowest BCUT2D eigenvalue weighted by molar-refractivity contribution is 0.372. The van der Waals surface area contributed by atoms with E-state index in [1.54, 1.807) is 0 Å². The van der Waals surface area contributed by atoms with Crippen molar-refractivity contribution in [2.24, 2.45) is 0 Å². The molecule has 1 aromatic heterocycles. The van der Waals surface area contributed by atoms with E-state index >= 15 is 0 Å². The molecule has 0 aromatic carbocycles. The first kappa shape index (κ1) is 9.87. The Morgan fingerprint density at radius 1 is 1.23 bits per heavy atom. The molecule has 0 aliphatic heterocycles. The summed E-state index contributed by atoms with van der Waals surface area (Å²) < 4.78 is 30.0. The summed E-state index contributed by atoms with van der Waals surface area (Å²) >= 11 is 0. The molecule has 0 saturated heterocycles. The van der Waals surface area contributed by atoms with Crippen LogP contribution in [0.2, 0.25) is 0 Å². The molecule has 7 heteroatoms. The molecule has 0 aliphatic carbocycles. The lowest BCUT2D eigenvalue weighted by Gasteiger charge is -2.04. The van der Waals surface area contributed by atoms with Gasteiger partial charge in [0.1, 0.15) is 0 Å². The molecular formula is C6H9NO5S. The lowest BCUT2D eigenvalue weighted by Crippen LogP contribution is -2.10. The Bertz CT molecular complexity index is 374. The quantitative estimate of drug-likeness (QED) is 0.595. The van der Waals surface area contributed by atoms with Crippen LogP contribution in [0.1, 0.15) is 0 Å². The molecule has 0 unspecified atom stereocenters. The molecule has 3 N–H and O–H groups in total. The van der Waals surface area contributed by atoms with Crippen molar-refractivity contribution in [2.45, 2.75) is 6.54 Å². The third-order valence-corrected chi connectivity index (χ3v) is 2.21. The Labute approximate surface area is 74.8 Å². The molecular weight excluding hydrogens is 198 g/mol. The highest BCUT2D eigenvalue weighted by Gasteiger charge is 2.09. The van der Waals surface area contributed by atoms with Crippen LogP contribution < -0.4 is 0 Å². The van der Waals surface area contributed by atoms with E-state index in [9.17, 15) is 8.42 Å². The monoisotopic (exact) mass is 207 g/mol. The summed E-state index contributed by atoms with van der Waals surface area (Å²) in [7, 11) is -4.08. The van der Waals surface area contributed by atoms with Crippen molar-refractivity contribution >= 4 is 10.1 Å². The van der Waals surface area contributed by atoms with E-state index in [0.29, 0.717) is 0 Å². The van der Waals surface area contributed by atoms with Gasteiger partial charge in [-0.1, -0.05) is 0 Å². The van der Waals surface area contributed by atoms with Crippen LogP contribution in [0.4, 0.5) is 0 Å². The molecule has 74 valence electrons. The number of hydrogen-bond donors (Lipinski definition) is 3. The summed E-state index contributed by atoms with van der Waals surface area (Å²) in [6.45, 7) is -0.191. The number of rotatable bonds is 3. The Morgan fingerprint density at radius 2 is 1.69 bits per heavy atom. The Kier molecular flexibility index (Phi) is 2.48. The zero-order valence-electron chi connectivity index (χ0n) is 6.58. The molecule has 0 bridgehead atoms. The largest absolute Gasteiger partial charge is 0.494 e. The molecule has 1 heterocycles. The van der Waals surface area contributed by atoms with Gasteiger partial charge in [0, 0.05) is 18.7 Å². The highest BCUT2D eigenvalue weighted by Crippen LogP contribution is 2.20. The third kappa shape index (κ3) is 2.63. The summed E-state index contributed by atoms with van der Waals surface area (Å²) in [5.41, 5.74) is 0. The second-order valence-electron chi connectivity index (χ2n) is 2.49. The third-order valence-electron chi connectivity index (χ3n) is 1.51. The molecule has 0 amide bonds. The fraction of sp³-hybridized carbons (Fsp3) is 0.333. The molecule has 1 rings (SSSR count). The van der Waals surface area contributed by atoms with Crippen molar-refractivity contribution in [3.63, 3.8) is 0 Å². The molecule has 0 spiro atoms. The van der Waals surface area contributed by atoms with Crippen LogP contribution in [-0.4, -0.2) is 33.5 Å². The first-order valence-corrected chi connectivity index (χ1v) is 5.04. The van der Waals surface area contributed by atoms with Gasteiger partial charge in [0.15, 0.2) is 11.8 Å². The van der Waals surface area contributed by atoms with Gasteiger partial charge in [0.05, 0.1) is 5.75 Å². The van der Waals surface area contributed by atoms with Gasteiger partial charge in [-0.05, 0) is 0 Å². The van der Waals surface area contributed by atoms with Gasteiger partial charge in [0.2, 0.25) is 0 Å². The molecule has 6 nitrogen and oxygen atoms in total. The number of nitrogens with zero attached hydrogens (tertiary/aromatic N) is 1. The van der Waals surface area contributed by atoms with Crippen LogP contribution in [0.25, 0.3) is 0 Å². The zero-order chi connectivity index (χ0) is 10.1. The van der Waals surface area contributed by atoms with Crippen LogP contribution in [0, 0.1) is 0 Å². The van der Waals surface area contributed by atoms with Crippen molar-refractivity contribution in [1.82, 2.24) is 4.57 Å². The highest BCUT2D eigenvalue weighted by atomic mass is 32.2. The minimum atomic E-state index is -4.08.